The number of carbonyl (C=O) groups is 1. The first-order valence-electron chi connectivity index (χ1n) is 6.35. The van der Waals surface area contributed by atoms with E-state index < -0.39 is 11.5 Å². The van der Waals surface area contributed by atoms with Crippen LogP contribution in [0.15, 0.2) is 35.1 Å². The molecule has 3 N–H and O–H groups in total. The lowest BCUT2D eigenvalue weighted by atomic mass is 10.2. The molecule has 21 heavy (non-hydrogen) atoms. The maximum Gasteiger partial charge on any atom is 0.361 e. The molecule has 0 atom stereocenters. The quantitative estimate of drug-likeness (QED) is 0.798. The van der Waals surface area contributed by atoms with Gasteiger partial charge >= 0.3 is 5.97 Å². The summed E-state index contributed by atoms with van der Waals surface area (Å²) in [7, 11) is 0. The van der Waals surface area contributed by atoms with Crippen molar-refractivity contribution >= 4 is 11.9 Å². The SMILES string of the molecule is CCOC(=O)c1nc(N)[nH]c(=O)c1OCc1ccccc1. The van der Waals surface area contributed by atoms with Crippen LogP contribution in [0.25, 0.3) is 0 Å². The number of H-pyrrole nitrogens is 1. The van der Waals surface area contributed by atoms with E-state index in [9.17, 15) is 9.59 Å². The molecular formula is C14H15N3O4. The summed E-state index contributed by atoms with van der Waals surface area (Å²) in [5.41, 5.74) is 5.44. The van der Waals surface area contributed by atoms with Crippen molar-refractivity contribution in [1.82, 2.24) is 9.97 Å². The van der Waals surface area contributed by atoms with Crippen LogP contribution in [0.1, 0.15) is 23.0 Å². The Balaban J connectivity index is 2.29. The Morgan fingerprint density at radius 3 is 2.71 bits per heavy atom. The summed E-state index contributed by atoms with van der Waals surface area (Å²) < 4.78 is 10.3. The Hall–Kier alpha value is -2.83. The van der Waals surface area contributed by atoms with Gasteiger partial charge < -0.3 is 15.2 Å². The average molecular weight is 289 g/mol. The Labute approximate surface area is 120 Å². The highest BCUT2D eigenvalue weighted by molar-refractivity contribution is 5.90. The van der Waals surface area contributed by atoms with Crippen LogP contribution >= 0.6 is 0 Å². The number of benzene rings is 1. The smallest absolute Gasteiger partial charge is 0.361 e. The molecule has 0 spiro atoms. The van der Waals surface area contributed by atoms with Gasteiger partial charge in [0.1, 0.15) is 6.61 Å². The number of ether oxygens (including phenoxy) is 2. The number of esters is 1. The highest BCUT2D eigenvalue weighted by Gasteiger charge is 2.20. The third-order valence-corrected chi connectivity index (χ3v) is 2.59. The molecule has 1 heterocycles. The van der Waals surface area contributed by atoms with Gasteiger partial charge in [0, 0.05) is 0 Å². The first-order chi connectivity index (χ1) is 10.1. The topological polar surface area (TPSA) is 107 Å². The van der Waals surface area contributed by atoms with Gasteiger partial charge in [-0.3, -0.25) is 9.78 Å². The van der Waals surface area contributed by atoms with Gasteiger partial charge in [-0.2, -0.15) is 0 Å². The zero-order valence-electron chi connectivity index (χ0n) is 11.5. The van der Waals surface area contributed by atoms with Gasteiger partial charge in [-0.1, -0.05) is 30.3 Å². The van der Waals surface area contributed by atoms with Crippen molar-refractivity contribution in [2.75, 3.05) is 12.3 Å². The van der Waals surface area contributed by atoms with Gasteiger partial charge in [0.25, 0.3) is 5.56 Å². The van der Waals surface area contributed by atoms with E-state index in [1.165, 1.54) is 0 Å². The molecule has 0 radical (unpaired) electrons. The van der Waals surface area contributed by atoms with Crippen LogP contribution in [0.3, 0.4) is 0 Å². The van der Waals surface area contributed by atoms with Crippen LogP contribution in [0, 0.1) is 0 Å². The second-order valence-electron chi connectivity index (χ2n) is 4.12. The van der Waals surface area contributed by atoms with E-state index >= 15 is 0 Å². The molecule has 2 rings (SSSR count). The average Bonchev–Trinajstić information content (AvgIpc) is 2.47. The maximum absolute atomic E-state index is 11.9. The molecule has 0 bridgehead atoms. The molecule has 7 heteroatoms. The fraction of sp³-hybridized carbons (Fsp3) is 0.214. The van der Waals surface area contributed by atoms with Gasteiger partial charge in [0.2, 0.25) is 11.7 Å². The molecule has 0 unspecified atom stereocenters. The number of rotatable bonds is 5. The summed E-state index contributed by atoms with van der Waals surface area (Å²) in [6, 6.07) is 9.23. The van der Waals surface area contributed by atoms with Gasteiger partial charge in [-0.05, 0) is 12.5 Å². The zero-order chi connectivity index (χ0) is 15.2. The number of aromatic amines is 1. The van der Waals surface area contributed by atoms with Crippen LogP contribution in [0.2, 0.25) is 0 Å². The molecule has 0 aliphatic rings. The van der Waals surface area contributed by atoms with E-state index in [4.69, 9.17) is 15.2 Å². The second kappa shape index (κ2) is 6.56. The fourth-order valence-corrected chi connectivity index (χ4v) is 1.68. The molecule has 0 aliphatic carbocycles. The van der Waals surface area contributed by atoms with Crippen LogP contribution in [0.4, 0.5) is 5.95 Å². The Morgan fingerprint density at radius 2 is 2.05 bits per heavy atom. The van der Waals surface area contributed by atoms with Crippen molar-refractivity contribution in [3.8, 4) is 5.75 Å². The lowest BCUT2D eigenvalue weighted by Crippen LogP contribution is -2.21. The largest absolute Gasteiger partial charge is 0.481 e. The first-order valence-corrected chi connectivity index (χ1v) is 6.35. The molecule has 1 aromatic carbocycles. The lowest BCUT2D eigenvalue weighted by Gasteiger charge is -2.09. The van der Waals surface area contributed by atoms with E-state index in [2.05, 4.69) is 9.97 Å². The van der Waals surface area contributed by atoms with Crippen molar-refractivity contribution in [3.05, 3.63) is 51.9 Å². The minimum absolute atomic E-state index is 0.127. The zero-order valence-corrected chi connectivity index (χ0v) is 11.5. The summed E-state index contributed by atoms with van der Waals surface area (Å²) in [6.45, 7) is 1.94. The number of anilines is 1. The van der Waals surface area contributed by atoms with Gasteiger partial charge in [-0.15, -0.1) is 0 Å². The molecule has 0 amide bonds. The molecule has 1 aromatic heterocycles. The third kappa shape index (κ3) is 3.59. The van der Waals surface area contributed by atoms with Gasteiger partial charge in [0.15, 0.2) is 5.69 Å². The molecular weight excluding hydrogens is 274 g/mol. The Bertz CT molecular complexity index is 682. The number of nitrogens with two attached hydrogens (primary N) is 1. The van der Waals surface area contributed by atoms with Gasteiger partial charge in [-0.25, -0.2) is 9.78 Å². The second-order valence-corrected chi connectivity index (χ2v) is 4.12. The van der Waals surface area contributed by atoms with Gasteiger partial charge in [0.05, 0.1) is 6.61 Å². The summed E-state index contributed by atoms with van der Waals surface area (Å²) >= 11 is 0. The summed E-state index contributed by atoms with van der Waals surface area (Å²) in [5, 5.41) is 0. The number of nitrogen functional groups attached to an aromatic ring is 1. The number of carbonyl (C=O) groups excluding carboxylic acids is 1. The van der Waals surface area contributed by atoms with E-state index in [0.29, 0.717) is 0 Å². The molecule has 0 aliphatic heterocycles. The summed E-state index contributed by atoms with van der Waals surface area (Å²) in [6.07, 6.45) is 0. The molecule has 2 aromatic rings. The van der Waals surface area contributed by atoms with Crippen LogP contribution in [-0.2, 0) is 11.3 Å². The Kier molecular flexibility index (Phi) is 4.55. The van der Waals surface area contributed by atoms with Crippen LogP contribution in [0.5, 0.6) is 5.75 Å². The molecule has 0 saturated heterocycles. The van der Waals surface area contributed by atoms with E-state index in [0.717, 1.165) is 5.56 Å². The predicted molar refractivity (Wildman–Crippen MR) is 76.0 cm³/mol. The normalized spacial score (nSPS) is 10.1. The predicted octanol–water partition coefficient (Wildman–Crippen LogP) is 1.11. The molecule has 0 saturated carbocycles. The van der Waals surface area contributed by atoms with E-state index in [1.54, 1.807) is 6.92 Å². The summed E-state index contributed by atoms with van der Waals surface area (Å²) in [5.74, 6) is -1.13. The monoisotopic (exact) mass is 289 g/mol. The maximum atomic E-state index is 11.9. The highest BCUT2D eigenvalue weighted by atomic mass is 16.5. The number of hydrogen-bond donors (Lipinski definition) is 2. The molecule has 110 valence electrons. The first kappa shape index (κ1) is 14.6. The molecule has 0 fully saturated rings. The van der Waals surface area contributed by atoms with Crippen LogP contribution < -0.4 is 16.0 Å². The number of nitrogens with zero attached hydrogens (tertiary/aromatic N) is 1. The van der Waals surface area contributed by atoms with E-state index in [-0.39, 0.29) is 30.6 Å². The number of hydrogen-bond acceptors (Lipinski definition) is 6. The van der Waals surface area contributed by atoms with Crippen molar-refractivity contribution in [2.45, 2.75) is 13.5 Å². The van der Waals surface area contributed by atoms with Crippen molar-refractivity contribution in [2.24, 2.45) is 0 Å². The van der Waals surface area contributed by atoms with Crippen molar-refractivity contribution in [1.29, 1.82) is 0 Å². The minimum atomic E-state index is -0.752. The van der Waals surface area contributed by atoms with E-state index in [1.807, 2.05) is 30.3 Å². The number of aromatic nitrogens is 2. The fourth-order valence-electron chi connectivity index (χ4n) is 1.68. The van der Waals surface area contributed by atoms with Crippen molar-refractivity contribution in [3.63, 3.8) is 0 Å². The highest BCUT2D eigenvalue weighted by Crippen LogP contribution is 2.14. The number of nitrogens with one attached hydrogen (secondary N) is 1. The van der Waals surface area contributed by atoms with Crippen LogP contribution in [-0.4, -0.2) is 22.5 Å². The lowest BCUT2D eigenvalue weighted by molar-refractivity contribution is 0.0513. The third-order valence-electron chi connectivity index (χ3n) is 2.59. The minimum Gasteiger partial charge on any atom is -0.481 e. The summed E-state index contributed by atoms with van der Waals surface area (Å²) in [4.78, 5) is 29.8. The standard InChI is InChI=1S/C14H15N3O4/c1-2-20-13(19)10-11(12(18)17-14(15)16-10)21-8-9-6-4-3-5-7-9/h3-7H,2,8H2,1H3,(H3,15,16,17,18). The molecule has 7 nitrogen and oxygen atoms in total. The van der Waals surface area contributed by atoms with Crippen molar-refractivity contribution < 1.29 is 14.3 Å². The Morgan fingerprint density at radius 1 is 1.33 bits per heavy atom.